The van der Waals surface area contributed by atoms with Gasteiger partial charge in [0, 0.05) is 6.54 Å². The van der Waals surface area contributed by atoms with Crippen molar-refractivity contribution in [2.45, 2.75) is 39.0 Å². The number of primary amides is 1. The van der Waals surface area contributed by atoms with Crippen molar-refractivity contribution in [1.82, 2.24) is 10.3 Å². The number of hydrogen-bond acceptors (Lipinski definition) is 3. The molecule has 0 fully saturated rings. The zero-order chi connectivity index (χ0) is 16.4. The normalized spacial score (nSPS) is 15.0. The van der Waals surface area contributed by atoms with Crippen molar-refractivity contribution in [2.24, 2.45) is 11.7 Å². The van der Waals surface area contributed by atoms with E-state index in [2.05, 4.69) is 10.3 Å². The Balaban J connectivity index is 2.99. The molecule has 0 aliphatic rings. The summed E-state index contributed by atoms with van der Waals surface area (Å²) >= 11 is 5.60. The number of hydrogen-bond donors (Lipinski definition) is 2. The first kappa shape index (κ1) is 17.7. The number of nitrogens with one attached hydrogen (secondary N) is 1. The largest absolute Gasteiger partial charge is 0.433 e. The quantitative estimate of drug-likeness (QED) is 0.819. The summed E-state index contributed by atoms with van der Waals surface area (Å²) in [7, 11) is 0. The highest BCUT2D eigenvalue weighted by molar-refractivity contribution is 6.29. The number of amides is 1. The predicted octanol–water partition coefficient (Wildman–Crippen LogP) is 2.74. The third-order valence-electron chi connectivity index (χ3n) is 3.47. The lowest BCUT2D eigenvalue weighted by molar-refractivity contribution is -0.141. The van der Waals surface area contributed by atoms with Crippen LogP contribution < -0.4 is 11.1 Å². The second-order valence-electron chi connectivity index (χ2n) is 5.26. The number of alkyl halides is 3. The highest BCUT2D eigenvalue weighted by Crippen LogP contribution is 2.29. The molecule has 1 atom stereocenters. The predicted molar refractivity (Wildman–Crippen MR) is 73.5 cm³/mol. The first-order chi connectivity index (χ1) is 9.46. The van der Waals surface area contributed by atoms with Crippen LogP contribution >= 0.6 is 11.6 Å². The van der Waals surface area contributed by atoms with E-state index in [0.717, 1.165) is 6.07 Å². The fourth-order valence-corrected chi connectivity index (χ4v) is 1.89. The molecule has 118 valence electrons. The molecule has 21 heavy (non-hydrogen) atoms. The number of halogens is 4. The molecular weight excluding hydrogens is 307 g/mol. The van der Waals surface area contributed by atoms with Gasteiger partial charge in [-0.15, -0.1) is 0 Å². The molecule has 0 saturated carbocycles. The zero-order valence-corrected chi connectivity index (χ0v) is 12.6. The van der Waals surface area contributed by atoms with E-state index in [9.17, 15) is 18.0 Å². The molecule has 0 saturated heterocycles. The lowest BCUT2D eigenvalue weighted by atomic mass is 9.87. The number of rotatable bonds is 5. The smallest absolute Gasteiger partial charge is 0.368 e. The molecule has 4 nitrogen and oxygen atoms in total. The van der Waals surface area contributed by atoms with Gasteiger partial charge in [-0.2, -0.15) is 13.2 Å². The Morgan fingerprint density at radius 2 is 2.00 bits per heavy atom. The van der Waals surface area contributed by atoms with Crippen molar-refractivity contribution in [1.29, 1.82) is 0 Å². The monoisotopic (exact) mass is 323 g/mol. The van der Waals surface area contributed by atoms with Crippen LogP contribution in [0.2, 0.25) is 5.15 Å². The Morgan fingerprint density at radius 1 is 1.43 bits per heavy atom. The minimum atomic E-state index is -4.58. The fraction of sp³-hybridized carbons (Fsp3) is 0.538. The van der Waals surface area contributed by atoms with Gasteiger partial charge in [-0.25, -0.2) is 4.98 Å². The van der Waals surface area contributed by atoms with Crippen LogP contribution in [0.5, 0.6) is 0 Å². The third-order valence-corrected chi connectivity index (χ3v) is 3.66. The van der Waals surface area contributed by atoms with Gasteiger partial charge in [-0.05, 0) is 30.5 Å². The topological polar surface area (TPSA) is 68.0 Å². The van der Waals surface area contributed by atoms with Crippen molar-refractivity contribution < 1.29 is 18.0 Å². The summed E-state index contributed by atoms with van der Waals surface area (Å²) in [5.41, 5.74) is 3.51. The van der Waals surface area contributed by atoms with E-state index in [4.69, 9.17) is 17.3 Å². The summed E-state index contributed by atoms with van der Waals surface area (Å²) in [6, 6.07) is 2.20. The van der Waals surface area contributed by atoms with Gasteiger partial charge in [0.1, 0.15) is 10.8 Å². The Kier molecular flexibility index (Phi) is 5.22. The molecular formula is C13H17ClF3N3O. The minimum Gasteiger partial charge on any atom is -0.368 e. The van der Waals surface area contributed by atoms with Crippen LogP contribution in [-0.4, -0.2) is 16.4 Å². The van der Waals surface area contributed by atoms with Crippen molar-refractivity contribution >= 4 is 17.5 Å². The molecule has 0 radical (unpaired) electrons. The van der Waals surface area contributed by atoms with Crippen LogP contribution in [0.4, 0.5) is 13.2 Å². The standard InChI is InChI=1S/C13H17ClF3N3O/c1-7(2)12(3,11(18)21)19-6-8-4-9(13(15,16)17)20-10(14)5-8/h4-5,7,19H,6H2,1-3H3,(H2,18,21). The summed E-state index contributed by atoms with van der Waals surface area (Å²) in [6.07, 6.45) is -4.58. The van der Waals surface area contributed by atoms with Gasteiger partial charge < -0.3 is 5.73 Å². The van der Waals surface area contributed by atoms with E-state index >= 15 is 0 Å². The first-order valence-electron chi connectivity index (χ1n) is 6.25. The van der Waals surface area contributed by atoms with Gasteiger partial charge in [-0.3, -0.25) is 10.1 Å². The summed E-state index contributed by atoms with van der Waals surface area (Å²) < 4.78 is 38.0. The van der Waals surface area contributed by atoms with Gasteiger partial charge >= 0.3 is 6.18 Å². The molecule has 1 unspecified atom stereocenters. The number of carbonyl (C=O) groups excluding carboxylic acids is 1. The van der Waals surface area contributed by atoms with Crippen LogP contribution in [0.15, 0.2) is 12.1 Å². The molecule has 0 aromatic carbocycles. The van der Waals surface area contributed by atoms with E-state index in [-0.39, 0.29) is 23.2 Å². The number of aromatic nitrogens is 1. The van der Waals surface area contributed by atoms with E-state index in [1.807, 2.05) is 0 Å². The number of carbonyl (C=O) groups is 1. The lowest BCUT2D eigenvalue weighted by Crippen LogP contribution is -2.56. The number of nitrogens with zero attached hydrogens (tertiary/aromatic N) is 1. The molecule has 0 aliphatic carbocycles. The second-order valence-corrected chi connectivity index (χ2v) is 5.64. The Bertz CT molecular complexity index is 534. The second kappa shape index (κ2) is 6.19. The maximum Gasteiger partial charge on any atom is 0.433 e. The molecule has 0 spiro atoms. The lowest BCUT2D eigenvalue weighted by Gasteiger charge is -2.31. The van der Waals surface area contributed by atoms with Crippen LogP contribution in [0.25, 0.3) is 0 Å². The first-order valence-corrected chi connectivity index (χ1v) is 6.63. The molecule has 8 heteroatoms. The summed E-state index contributed by atoms with van der Waals surface area (Å²) in [4.78, 5) is 14.8. The highest BCUT2D eigenvalue weighted by atomic mass is 35.5. The van der Waals surface area contributed by atoms with Gasteiger partial charge in [0.25, 0.3) is 0 Å². The van der Waals surface area contributed by atoms with Gasteiger partial charge in [-0.1, -0.05) is 25.4 Å². The van der Waals surface area contributed by atoms with E-state index in [1.165, 1.54) is 6.07 Å². The zero-order valence-electron chi connectivity index (χ0n) is 11.9. The molecule has 1 aromatic rings. The molecule has 1 aromatic heterocycles. The van der Waals surface area contributed by atoms with E-state index in [1.54, 1.807) is 20.8 Å². The Morgan fingerprint density at radius 3 is 2.43 bits per heavy atom. The van der Waals surface area contributed by atoms with Crippen molar-refractivity contribution in [3.05, 3.63) is 28.5 Å². The summed E-state index contributed by atoms with van der Waals surface area (Å²) in [5, 5.41) is 2.63. The molecule has 3 N–H and O–H groups in total. The van der Waals surface area contributed by atoms with Gasteiger partial charge in [0.2, 0.25) is 5.91 Å². The van der Waals surface area contributed by atoms with Crippen LogP contribution in [0.1, 0.15) is 32.0 Å². The van der Waals surface area contributed by atoms with Crippen molar-refractivity contribution in [3.8, 4) is 0 Å². The molecule has 1 rings (SSSR count). The maximum absolute atomic E-state index is 12.7. The van der Waals surface area contributed by atoms with Crippen molar-refractivity contribution in [3.63, 3.8) is 0 Å². The van der Waals surface area contributed by atoms with E-state index in [0.29, 0.717) is 0 Å². The summed E-state index contributed by atoms with van der Waals surface area (Å²) in [5.74, 6) is -0.705. The third kappa shape index (κ3) is 4.31. The molecule has 0 bridgehead atoms. The fourth-order valence-electron chi connectivity index (χ4n) is 1.66. The average Bonchev–Trinajstić information content (AvgIpc) is 2.33. The maximum atomic E-state index is 12.7. The SMILES string of the molecule is CC(C)C(C)(NCc1cc(Cl)nc(C(F)(F)F)c1)C(N)=O. The molecule has 0 aliphatic heterocycles. The highest BCUT2D eigenvalue weighted by Gasteiger charge is 2.35. The van der Waals surface area contributed by atoms with Crippen LogP contribution in [-0.2, 0) is 17.5 Å². The molecule has 1 heterocycles. The minimum absolute atomic E-state index is 0.0168. The number of nitrogens with two attached hydrogens (primary N) is 1. The Labute approximate surface area is 125 Å². The average molecular weight is 324 g/mol. The Hall–Kier alpha value is -1.34. The van der Waals surface area contributed by atoms with Gasteiger partial charge in [0.15, 0.2) is 0 Å². The summed E-state index contributed by atoms with van der Waals surface area (Å²) in [6.45, 7) is 5.20. The van der Waals surface area contributed by atoms with Gasteiger partial charge in [0.05, 0.1) is 5.54 Å². The van der Waals surface area contributed by atoms with Crippen LogP contribution in [0.3, 0.4) is 0 Å². The van der Waals surface area contributed by atoms with Crippen molar-refractivity contribution in [2.75, 3.05) is 0 Å². The van der Waals surface area contributed by atoms with E-state index < -0.39 is 23.3 Å². The number of pyridine rings is 1. The van der Waals surface area contributed by atoms with Crippen LogP contribution in [0, 0.1) is 5.92 Å². The molecule has 1 amide bonds.